The molecule has 0 radical (unpaired) electrons. The standard InChI is InChI=1S/C21H25F3N2O2/c1-19(2,3)28-16-11-7-8-13-14(16)9-6-10-15(13)18(21(22,23)24)26-20(4,5)12-17(27)25-26/h6-11,18H,12H2,1-5H3,(H,25,27)/t18-/m0/s1. The van der Waals surface area contributed by atoms with E-state index in [0.717, 1.165) is 5.01 Å². The molecule has 7 heteroatoms. The summed E-state index contributed by atoms with van der Waals surface area (Å²) in [6.45, 7) is 8.91. The maximum Gasteiger partial charge on any atom is 0.409 e. The van der Waals surface area contributed by atoms with Crippen LogP contribution in [-0.4, -0.2) is 28.2 Å². The highest BCUT2D eigenvalue weighted by Crippen LogP contribution is 2.45. The number of fused-ring (bicyclic) bond motifs is 1. The smallest absolute Gasteiger partial charge is 0.409 e. The SMILES string of the molecule is CC(C)(C)Oc1cccc2c([C@H](N3NC(=O)CC3(C)C)C(F)(F)F)cccc12. The summed E-state index contributed by atoms with van der Waals surface area (Å²) >= 11 is 0. The number of carbonyl (C=O) groups is 1. The lowest BCUT2D eigenvalue weighted by atomic mass is 9.93. The highest BCUT2D eigenvalue weighted by Gasteiger charge is 2.53. The molecule has 1 saturated heterocycles. The molecule has 3 rings (SSSR count). The number of carbonyl (C=O) groups excluding carboxylic acids is 1. The van der Waals surface area contributed by atoms with Crippen LogP contribution in [0, 0.1) is 0 Å². The minimum Gasteiger partial charge on any atom is -0.488 e. The predicted octanol–water partition coefficient (Wildman–Crippen LogP) is 5.14. The van der Waals surface area contributed by atoms with Gasteiger partial charge in [-0.05, 0) is 51.6 Å². The number of nitrogens with one attached hydrogen (secondary N) is 1. The van der Waals surface area contributed by atoms with E-state index >= 15 is 0 Å². The molecule has 1 aliphatic rings. The van der Waals surface area contributed by atoms with Crippen LogP contribution in [0.4, 0.5) is 13.2 Å². The Morgan fingerprint density at radius 2 is 1.68 bits per heavy atom. The van der Waals surface area contributed by atoms with Gasteiger partial charge in [-0.2, -0.15) is 18.2 Å². The molecule has 1 atom stereocenters. The Labute approximate surface area is 162 Å². The van der Waals surface area contributed by atoms with Crippen molar-refractivity contribution in [1.29, 1.82) is 0 Å². The van der Waals surface area contributed by atoms with Gasteiger partial charge in [0.25, 0.3) is 0 Å². The zero-order valence-electron chi connectivity index (χ0n) is 16.6. The first-order chi connectivity index (χ1) is 12.8. The lowest BCUT2D eigenvalue weighted by molar-refractivity contribution is -0.203. The molecular weight excluding hydrogens is 369 g/mol. The Morgan fingerprint density at radius 1 is 1.07 bits per heavy atom. The molecule has 0 spiro atoms. The number of alkyl halides is 3. The van der Waals surface area contributed by atoms with E-state index in [0.29, 0.717) is 16.5 Å². The summed E-state index contributed by atoms with van der Waals surface area (Å²) in [5.74, 6) is 0.105. The average molecular weight is 394 g/mol. The molecule has 1 heterocycles. The third kappa shape index (κ3) is 3.94. The molecule has 2 aromatic carbocycles. The van der Waals surface area contributed by atoms with Gasteiger partial charge in [0.1, 0.15) is 11.4 Å². The van der Waals surface area contributed by atoms with Gasteiger partial charge in [0.2, 0.25) is 5.91 Å². The van der Waals surface area contributed by atoms with Gasteiger partial charge in [-0.15, -0.1) is 0 Å². The maximum absolute atomic E-state index is 14.2. The number of hydrogen-bond donors (Lipinski definition) is 1. The Morgan fingerprint density at radius 3 is 2.21 bits per heavy atom. The topological polar surface area (TPSA) is 41.6 Å². The molecule has 0 bridgehead atoms. The summed E-state index contributed by atoms with van der Waals surface area (Å²) in [6.07, 6.45) is -4.58. The lowest BCUT2D eigenvalue weighted by Crippen LogP contribution is -2.51. The average Bonchev–Trinajstić information content (AvgIpc) is 2.78. The third-order valence-electron chi connectivity index (χ3n) is 4.69. The highest BCUT2D eigenvalue weighted by molar-refractivity contribution is 5.91. The minimum atomic E-state index is -4.58. The van der Waals surface area contributed by atoms with Crippen LogP contribution in [0.2, 0.25) is 0 Å². The van der Waals surface area contributed by atoms with E-state index in [1.165, 1.54) is 6.07 Å². The van der Waals surface area contributed by atoms with Crippen molar-refractivity contribution in [2.75, 3.05) is 0 Å². The third-order valence-corrected chi connectivity index (χ3v) is 4.69. The van der Waals surface area contributed by atoms with Gasteiger partial charge in [0.15, 0.2) is 6.04 Å². The van der Waals surface area contributed by atoms with Crippen molar-refractivity contribution in [2.24, 2.45) is 0 Å². The number of benzene rings is 2. The second-order valence-electron chi connectivity index (χ2n) is 8.75. The predicted molar refractivity (Wildman–Crippen MR) is 102 cm³/mol. The van der Waals surface area contributed by atoms with Crippen LogP contribution >= 0.6 is 0 Å². The summed E-state index contributed by atoms with van der Waals surface area (Å²) in [7, 11) is 0. The fraction of sp³-hybridized carbons (Fsp3) is 0.476. The molecular formula is C21H25F3N2O2. The van der Waals surface area contributed by atoms with Crippen molar-refractivity contribution in [3.05, 3.63) is 42.0 Å². The van der Waals surface area contributed by atoms with Crippen LogP contribution in [0.3, 0.4) is 0 Å². The Kier molecular flexibility index (Phi) is 4.86. The van der Waals surface area contributed by atoms with E-state index in [-0.39, 0.29) is 12.0 Å². The summed E-state index contributed by atoms with van der Waals surface area (Å²) < 4.78 is 48.6. The Balaban J connectivity index is 2.19. The molecule has 152 valence electrons. The fourth-order valence-corrected chi connectivity index (χ4v) is 3.64. The molecule has 0 saturated carbocycles. The van der Waals surface area contributed by atoms with Gasteiger partial charge in [-0.1, -0.05) is 30.3 Å². The second-order valence-corrected chi connectivity index (χ2v) is 8.75. The van der Waals surface area contributed by atoms with E-state index in [9.17, 15) is 18.0 Å². The van der Waals surface area contributed by atoms with Crippen LogP contribution < -0.4 is 10.2 Å². The largest absolute Gasteiger partial charge is 0.488 e. The van der Waals surface area contributed by atoms with Gasteiger partial charge in [-0.25, -0.2) is 0 Å². The number of amides is 1. The quantitative estimate of drug-likeness (QED) is 0.784. The normalized spacial score (nSPS) is 18.9. The molecule has 28 heavy (non-hydrogen) atoms. The molecule has 1 fully saturated rings. The molecule has 1 aliphatic heterocycles. The number of rotatable bonds is 3. The number of hydrogen-bond acceptors (Lipinski definition) is 3. The van der Waals surface area contributed by atoms with Crippen molar-refractivity contribution >= 4 is 16.7 Å². The van der Waals surface area contributed by atoms with Gasteiger partial charge >= 0.3 is 6.18 Å². The first-order valence-corrected chi connectivity index (χ1v) is 9.16. The van der Waals surface area contributed by atoms with Crippen molar-refractivity contribution in [2.45, 2.75) is 64.4 Å². The van der Waals surface area contributed by atoms with E-state index < -0.39 is 29.3 Å². The summed E-state index contributed by atoms with van der Waals surface area (Å²) in [4.78, 5) is 11.9. The van der Waals surface area contributed by atoms with E-state index in [2.05, 4.69) is 5.43 Å². The number of halogens is 3. The molecule has 1 N–H and O–H groups in total. The fourth-order valence-electron chi connectivity index (χ4n) is 3.64. The second kappa shape index (κ2) is 6.65. The van der Waals surface area contributed by atoms with E-state index in [1.807, 2.05) is 20.8 Å². The Hall–Kier alpha value is -2.28. The summed E-state index contributed by atoms with van der Waals surface area (Å²) in [5, 5.41) is 2.08. The van der Waals surface area contributed by atoms with E-state index in [1.54, 1.807) is 44.2 Å². The number of hydrazine groups is 1. The van der Waals surface area contributed by atoms with Crippen molar-refractivity contribution < 1.29 is 22.7 Å². The van der Waals surface area contributed by atoms with Crippen LogP contribution in [0.5, 0.6) is 5.75 Å². The maximum atomic E-state index is 14.2. The van der Waals surface area contributed by atoms with Gasteiger partial charge in [0.05, 0.1) is 0 Å². The van der Waals surface area contributed by atoms with E-state index in [4.69, 9.17) is 4.74 Å². The Bertz CT molecular complexity index is 901. The van der Waals surface area contributed by atoms with Gasteiger partial charge in [0, 0.05) is 17.3 Å². The molecule has 0 aromatic heterocycles. The summed E-state index contributed by atoms with van der Waals surface area (Å²) in [5.41, 5.74) is 1.03. The summed E-state index contributed by atoms with van der Waals surface area (Å²) in [6, 6.07) is 7.93. The molecule has 1 amide bonds. The van der Waals surface area contributed by atoms with Crippen molar-refractivity contribution in [3.8, 4) is 5.75 Å². The first-order valence-electron chi connectivity index (χ1n) is 9.16. The van der Waals surface area contributed by atoms with Crippen LogP contribution in [0.15, 0.2) is 36.4 Å². The molecule has 4 nitrogen and oxygen atoms in total. The van der Waals surface area contributed by atoms with Crippen LogP contribution in [0.1, 0.15) is 52.6 Å². The van der Waals surface area contributed by atoms with Gasteiger partial charge in [-0.3, -0.25) is 10.2 Å². The molecule has 2 aromatic rings. The lowest BCUT2D eigenvalue weighted by Gasteiger charge is -2.38. The molecule has 0 aliphatic carbocycles. The zero-order chi connectivity index (χ0) is 20.9. The van der Waals surface area contributed by atoms with Gasteiger partial charge < -0.3 is 4.74 Å². The van der Waals surface area contributed by atoms with Crippen LogP contribution in [-0.2, 0) is 4.79 Å². The first kappa shape index (κ1) is 20.5. The highest BCUT2D eigenvalue weighted by atomic mass is 19.4. The zero-order valence-corrected chi connectivity index (χ0v) is 16.6. The van der Waals surface area contributed by atoms with Crippen molar-refractivity contribution in [1.82, 2.24) is 10.4 Å². The monoisotopic (exact) mass is 394 g/mol. The number of ether oxygens (including phenoxy) is 1. The number of nitrogens with zero attached hydrogens (tertiary/aromatic N) is 1. The van der Waals surface area contributed by atoms with Crippen LogP contribution in [0.25, 0.3) is 10.8 Å². The van der Waals surface area contributed by atoms with Crippen molar-refractivity contribution in [3.63, 3.8) is 0 Å². The minimum absolute atomic E-state index is 0.00271. The molecule has 0 unspecified atom stereocenters.